The van der Waals surface area contributed by atoms with Gasteiger partial charge in [-0.3, -0.25) is 9.36 Å². The predicted molar refractivity (Wildman–Crippen MR) is 99.6 cm³/mol. The molecular weight excluding hydrogens is 335 g/mol. The van der Waals surface area contributed by atoms with Crippen LogP contribution in [0.1, 0.15) is 11.1 Å². The Labute approximate surface area is 148 Å². The smallest absolute Gasteiger partial charge is 0.263 e. The summed E-state index contributed by atoms with van der Waals surface area (Å²) in [7, 11) is 0. The Morgan fingerprint density at radius 2 is 1.96 bits per heavy atom. The molecule has 0 N–H and O–H groups in total. The van der Waals surface area contributed by atoms with Gasteiger partial charge in [0.15, 0.2) is 0 Å². The molecule has 3 nitrogen and oxygen atoms in total. The first-order valence-electron chi connectivity index (χ1n) is 7.90. The highest BCUT2D eigenvalue weighted by Gasteiger charge is 2.14. The number of rotatable bonds is 3. The number of thiophene rings is 1. The molecule has 0 aliphatic rings. The van der Waals surface area contributed by atoms with Gasteiger partial charge in [0.25, 0.3) is 5.56 Å². The third kappa shape index (κ3) is 2.87. The fraction of sp³-hybridized carbons (Fsp3) is 0.100. The van der Waals surface area contributed by atoms with Crippen molar-refractivity contribution in [1.29, 1.82) is 0 Å². The zero-order valence-corrected chi connectivity index (χ0v) is 14.4. The third-order valence-electron chi connectivity index (χ3n) is 4.23. The lowest BCUT2D eigenvalue weighted by Crippen LogP contribution is -2.20. The topological polar surface area (TPSA) is 34.9 Å². The Hall–Kier alpha value is -2.79. The Morgan fingerprint density at radius 1 is 1.16 bits per heavy atom. The molecule has 0 aliphatic heterocycles. The van der Waals surface area contributed by atoms with Crippen molar-refractivity contribution >= 4 is 21.6 Å². The number of aromatic nitrogens is 2. The largest absolute Gasteiger partial charge is 0.294 e. The van der Waals surface area contributed by atoms with E-state index in [2.05, 4.69) is 4.98 Å². The standard InChI is InChI=1S/C20H15FN2OS/c1-13-9-15(7-8-17(13)21)16-11-25-19-18(16)20(24)23(12-22-19)10-14-5-3-2-4-6-14/h2-9,11-12H,10H2,1H3. The molecule has 25 heavy (non-hydrogen) atoms. The summed E-state index contributed by atoms with van der Waals surface area (Å²) in [6, 6.07) is 14.7. The fourth-order valence-corrected chi connectivity index (χ4v) is 3.79. The van der Waals surface area contributed by atoms with E-state index in [4.69, 9.17) is 0 Å². The van der Waals surface area contributed by atoms with Crippen LogP contribution in [0.5, 0.6) is 0 Å². The highest BCUT2D eigenvalue weighted by atomic mass is 32.1. The molecule has 0 saturated carbocycles. The molecule has 0 aliphatic carbocycles. The summed E-state index contributed by atoms with van der Waals surface area (Å²) in [6.07, 6.45) is 1.59. The SMILES string of the molecule is Cc1cc(-c2csc3ncn(Cc4ccccc4)c(=O)c23)ccc1F. The van der Waals surface area contributed by atoms with Crippen molar-refractivity contribution in [2.24, 2.45) is 0 Å². The van der Waals surface area contributed by atoms with Gasteiger partial charge in [-0.1, -0.05) is 36.4 Å². The van der Waals surface area contributed by atoms with Gasteiger partial charge < -0.3 is 0 Å². The van der Waals surface area contributed by atoms with Crippen molar-refractivity contribution in [3.8, 4) is 11.1 Å². The van der Waals surface area contributed by atoms with Crippen LogP contribution in [0.3, 0.4) is 0 Å². The highest BCUT2D eigenvalue weighted by molar-refractivity contribution is 7.17. The summed E-state index contributed by atoms with van der Waals surface area (Å²) in [5.74, 6) is -0.247. The quantitative estimate of drug-likeness (QED) is 0.540. The summed E-state index contributed by atoms with van der Waals surface area (Å²) in [6.45, 7) is 2.19. The minimum Gasteiger partial charge on any atom is -0.294 e. The molecule has 0 radical (unpaired) electrons. The Morgan fingerprint density at radius 3 is 2.72 bits per heavy atom. The van der Waals surface area contributed by atoms with Crippen LogP contribution < -0.4 is 5.56 Å². The maximum absolute atomic E-state index is 13.6. The van der Waals surface area contributed by atoms with Gasteiger partial charge in [0, 0.05) is 10.9 Å². The van der Waals surface area contributed by atoms with Crippen molar-refractivity contribution < 1.29 is 4.39 Å². The van der Waals surface area contributed by atoms with Gasteiger partial charge >= 0.3 is 0 Å². The average molecular weight is 350 g/mol. The van der Waals surface area contributed by atoms with Crippen molar-refractivity contribution in [3.05, 3.63) is 87.5 Å². The molecule has 0 amide bonds. The van der Waals surface area contributed by atoms with Crippen LogP contribution in [0.2, 0.25) is 0 Å². The predicted octanol–water partition coefficient (Wildman–Crippen LogP) is 4.62. The highest BCUT2D eigenvalue weighted by Crippen LogP contribution is 2.31. The first-order valence-corrected chi connectivity index (χ1v) is 8.78. The third-order valence-corrected chi connectivity index (χ3v) is 5.11. The summed E-state index contributed by atoms with van der Waals surface area (Å²) in [5, 5.41) is 2.51. The molecule has 0 fully saturated rings. The summed E-state index contributed by atoms with van der Waals surface area (Å²) in [4.78, 5) is 18.1. The maximum atomic E-state index is 13.6. The Kier molecular flexibility index (Phi) is 3.93. The van der Waals surface area contributed by atoms with Crippen LogP contribution in [0.4, 0.5) is 4.39 Å². The average Bonchev–Trinajstić information content (AvgIpc) is 3.06. The molecule has 2 heterocycles. The van der Waals surface area contributed by atoms with Crippen molar-refractivity contribution in [1.82, 2.24) is 9.55 Å². The Bertz CT molecular complexity index is 1120. The van der Waals surface area contributed by atoms with E-state index in [1.807, 2.05) is 35.7 Å². The van der Waals surface area contributed by atoms with Crippen LogP contribution in [0.15, 0.2) is 65.0 Å². The normalized spacial score (nSPS) is 11.1. The number of aryl methyl sites for hydroxylation is 1. The van der Waals surface area contributed by atoms with E-state index in [-0.39, 0.29) is 11.4 Å². The van der Waals surface area contributed by atoms with Gasteiger partial charge in [-0.05, 0) is 35.7 Å². The second kappa shape index (κ2) is 6.26. The van der Waals surface area contributed by atoms with Crippen LogP contribution in [0, 0.1) is 12.7 Å². The van der Waals surface area contributed by atoms with E-state index in [1.165, 1.54) is 17.4 Å². The molecule has 4 aromatic rings. The number of halogens is 1. The minimum atomic E-state index is -0.247. The van der Waals surface area contributed by atoms with Crippen LogP contribution in [0.25, 0.3) is 21.3 Å². The van der Waals surface area contributed by atoms with Crippen LogP contribution in [-0.2, 0) is 6.54 Å². The number of hydrogen-bond donors (Lipinski definition) is 0. The van der Waals surface area contributed by atoms with Gasteiger partial charge in [0.2, 0.25) is 0 Å². The number of fused-ring (bicyclic) bond motifs is 1. The van der Waals surface area contributed by atoms with Crippen molar-refractivity contribution in [2.45, 2.75) is 13.5 Å². The van der Waals surface area contributed by atoms with Gasteiger partial charge in [0.05, 0.1) is 18.3 Å². The second-order valence-electron chi connectivity index (χ2n) is 5.96. The molecule has 0 saturated heterocycles. The van der Waals surface area contributed by atoms with E-state index >= 15 is 0 Å². The molecule has 124 valence electrons. The maximum Gasteiger partial charge on any atom is 0.263 e. The summed E-state index contributed by atoms with van der Waals surface area (Å²) in [5.41, 5.74) is 3.17. The molecule has 0 spiro atoms. The van der Waals surface area contributed by atoms with Gasteiger partial charge in [-0.15, -0.1) is 11.3 Å². The van der Waals surface area contributed by atoms with Gasteiger partial charge in [-0.25, -0.2) is 9.37 Å². The molecule has 2 aromatic carbocycles. The van der Waals surface area contributed by atoms with Gasteiger partial charge in [-0.2, -0.15) is 0 Å². The van der Waals surface area contributed by atoms with Crippen molar-refractivity contribution in [3.63, 3.8) is 0 Å². The van der Waals surface area contributed by atoms with Crippen LogP contribution >= 0.6 is 11.3 Å². The van der Waals surface area contributed by atoms with E-state index < -0.39 is 0 Å². The van der Waals surface area contributed by atoms with E-state index in [9.17, 15) is 9.18 Å². The lowest BCUT2D eigenvalue weighted by atomic mass is 10.0. The van der Waals surface area contributed by atoms with Crippen LogP contribution in [-0.4, -0.2) is 9.55 Å². The number of benzene rings is 2. The fourth-order valence-electron chi connectivity index (χ4n) is 2.88. The lowest BCUT2D eigenvalue weighted by molar-refractivity contribution is 0.619. The first kappa shape index (κ1) is 15.7. The zero-order valence-electron chi connectivity index (χ0n) is 13.6. The van der Waals surface area contributed by atoms with E-state index in [1.54, 1.807) is 30.0 Å². The monoisotopic (exact) mass is 350 g/mol. The first-order chi connectivity index (χ1) is 12.1. The molecule has 2 aromatic heterocycles. The minimum absolute atomic E-state index is 0.0768. The molecule has 0 bridgehead atoms. The van der Waals surface area contributed by atoms with Crippen molar-refractivity contribution in [2.75, 3.05) is 0 Å². The zero-order chi connectivity index (χ0) is 17.4. The lowest BCUT2D eigenvalue weighted by Gasteiger charge is -2.07. The number of nitrogens with zero attached hydrogens (tertiary/aromatic N) is 2. The van der Waals surface area contributed by atoms with E-state index in [0.717, 1.165) is 16.7 Å². The summed E-state index contributed by atoms with van der Waals surface area (Å²) < 4.78 is 15.2. The summed E-state index contributed by atoms with van der Waals surface area (Å²) >= 11 is 1.43. The van der Waals surface area contributed by atoms with Gasteiger partial charge in [0.1, 0.15) is 10.6 Å². The molecule has 0 atom stereocenters. The second-order valence-corrected chi connectivity index (χ2v) is 6.81. The molecule has 5 heteroatoms. The Balaban J connectivity index is 1.86. The molecular formula is C20H15FN2OS. The molecule has 4 rings (SSSR count). The molecule has 0 unspecified atom stereocenters. The number of hydrogen-bond acceptors (Lipinski definition) is 3. The van der Waals surface area contributed by atoms with E-state index in [0.29, 0.717) is 22.3 Å².